The zero-order valence-electron chi connectivity index (χ0n) is 34.7. The Labute approximate surface area is 337 Å². The molecule has 0 aromatic rings. The Balaban J connectivity index is 0.727. The maximum Gasteiger partial charge on any atom is 0.0605 e. The molecule has 3 nitrogen and oxygen atoms in total. The molecule has 54 heavy (non-hydrogen) atoms. The van der Waals surface area contributed by atoms with Crippen LogP contribution in [0.3, 0.4) is 0 Å². The van der Waals surface area contributed by atoms with Crippen molar-refractivity contribution in [1.29, 1.82) is 0 Å². The Morgan fingerprint density at radius 3 is 1.80 bits per heavy atom. The highest BCUT2D eigenvalue weighted by molar-refractivity contribution is 8.00. The van der Waals surface area contributed by atoms with E-state index >= 15 is 0 Å². The number of fused-ring (bicyclic) bond motifs is 7. The van der Waals surface area contributed by atoms with Gasteiger partial charge in [-0.2, -0.15) is 11.8 Å². The summed E-state index contributed by atoms with van der Waals surface area (Å²) < 4.78 is 0. The molecule has 3 heterocycles. The van der Waals surface area contributed by atoms with Crippen LogP contribution < -0.4 is 10.6 Å². The molecule has 304 valence electrons. The first-order valence-electron chi connectivity index (χ1n) is 25.7. The zero-order chi connectivity index (χ0) is 35.6. The molecule has 11 fully saturated rings. The number of hydrogen-bond donors (Lipinski definition) is 2. The van der Waals surface area contributed by atoms with Crippen LogP contribution in [0.4, 0.5) is 0 Å². The van der Waals surface area contributed by atoms with E-state index in [1.54, 1.807) is 89.9 Å². The van der Waals surface area contributed by atoms with Crippen LogP contribution in [0.15, 0.2) is 0 Å². The molecule has 3 aliphatic heterocycles. The van der Waals surface area contributed by atoms with Gasteiger partial charge >= 0.3 is 0 Å². The highest BCUT2D eigenvalue weighted by Gasteiger charge is 2.55. The molecule has 8 saturated carbocycles. The van der Waals surface area contributed by atoms with Crippen molar-refractivity contribution in [2.24, 2.45) is 65.1 Å². The summed E-state index contributed by atoms with van der Waals surface area (Å²) in [6.45, 7) is 0. The molecule has 0 aromatic carbocycles. The van der Waals surface area contributed by atoms with Crippen molar-refractivity contribution in [3.8, 4) is 0 Å². The van der Waals surface area contributed by atoms with Gasteiger partial charge in [-0.3, -0.25) is 15.5 Å². The summed E-state index contributed by atoms with van der Waals surface area (Å²) in [5.74, 6) is 11.3. The van der Waals surface area contributed by atoms with E-state index in [0.29, 0.717) is 6.17 Å². The normalized spacial score (nSPS) is 53.1. The third-order valence-electron chi connectivity index (χ3n) is 20.5. The van der Waals surface area contributed by atoms with E-state index in [-0.39, 0.29) is 0 Å². The Bertz CT molecular complexity index is 1240. The molecule has 0 aromatic heterocycles. The van der Waals surface area contributed by atoms with Gasteiger partial charge in [0.15, 0.2) is 0 Å². The van der Waals surface area contributed by atoms with Crippen LogP contribution >= 0.6 is 11.8 Å². The fourth-order valence-electron chi connectivity index (χ4n) is 18.1. The van der Waals surface area contributed by atoms with Gasteiger partial charge in [0, 0.05) is 40.7 Å². The molecule has 8 aliphatic carbocycles. The lowest BCUT2D eigenvalue weighted by atomic mass is 9.61. The van der Waals surface area contributed by atoms with Crippen molar-refractivity contribution in [2.45, 2.75) is 246 Å². The van der Waals surface area contributed by atoms with E-state index in [9.17, 15) is 0 Å². The lowest BCUT2D eigenvalue weighted by Gasteiger charge is -2.53. The highest BCUT2D eigenvalue weighted by atomic mass is 32.2. The molecule has 0 spiro atoms. The van der Waals surface area contributed by atoms with E-state index in [2.05, 4.69) is 27.3 Å². The number of thioether (sulfide) groups is 1. The fraction of sp³-hybridized carbons (Fsp3) is 1.00. The van der Waals surface area contributed by atoms with E-state index in [1.807, 2.05) is 0 Å². The molecule has 11 rings (SSSR count). The number of rotatable bonds is 5. The first-order valence-corrected chi connectivity index (χ1v) is 26.6. The van der Waals surface area contributed by atoms with E-state index in [0.717, 1.165) is 106 Å². The first kappa shape index (κ1) is 37.2. The van der Waals surface area contributed by atoms with Crippen molar-refractivity contribution in [1.82, 2.24) is 15.5 Å². The maximum atomic E-state index is 4.47. The van der Waals surface area contributed by atoms with E-state index < -0.39 is 0 Å². The van der Waals surface area contributed by atoms with Crippen molar-refractivity contribution in [2.75, 3.05) is 0 Å². The summed E-state index contributed by atoms with van der Waals surface area (Å²) in [6, 6.07) is 4.34. The van der Waals surface area contributed by atoms with Crippen molar-refractivity contribution in [3.05, 3.63) is 0 Å². The largest absolute Gasteiger partial charge is 0.299 e. The molecule has 0 radical (unpaired) electrons. The average molecular weight is 758 g/mol. The molecule has 11 aliphatic rings. The predicted molar refractivity (Wildman–Crippen MR) is 228 cm³/mol. The summed E-state index contributed by atoms with van der Waals surface area (Å²) in [7, 11) is 0. The van der Waals surface area contributed by atoms with Crippen LogP contribution in [0.2, 0.25) is 0 Å². The van der Waals surface area contributed by atoms with Gasteiger partial charge in [-0.05, 0) is 200 Å². The highest BCUT2D eigenvalue weighted by Crippen LogP contribution is 2.59. The van der Waals surface area contributed by atoms with Gasteiger partial charge in [0.2, 0.25) is 0 Å². The summed E-state index contributed by atoms with van der Waals surface area (Å²) in [4.78, 5) is 3.34. The van der Waals surface area contributed by atoms with Crippen LogP contribution in [-0.4, -0.2) is 51.8 Å². The molecule has 0 bridgehead atoms. The summed E-state index contributed by atoms with van der Waals surface area (Å²) in [5, 5.41) is 11.0. The molecule has 3 saturated heterocycles. The molecule has 2 N–H and O–H groups in total. The van der Waals surface area contributed by atoms with Crippen molar-refractivity contribution < 1.29 is 0 Å². The molecule has 16 atom stereocenters. The van der Waals surface area contributed by atoms with Gasteiger partial charge in [0.1, 0.15) is 0 Å². The zero-order valence-corrected chi connectivity index (χ0v) is 35.6. The average Bonchev–Trinajstić information content (AvgIpc) is 3.79. The Kier molecular flexibility index (Phi) is 11.3. The van der Waals surface area contributed by atoms with Gasteiger partial charge in [-0.15, -0.1) is 0 Å². The summed E-state index contributed by atoms with van der Waals surface area (Å²) in [6.07, 6.45) is 48.2. The van der Waals surface area contributed by atoms with Gasteiger partial charge < -0.3 is 0 Å². The van der Waals surface area contributed by atoms with Gasteiger partial charge in [0.25, 0.3) is 0 Å². The van der Waals surface area contributed by atoms with Gasteiger partial charge in [-0.25, -0.2) is 0 Å². The minimum Gasteiger partial charge on any atom is -0.299 e. The number of hydrogen-bond acceptors (Lipinski definition) is 4. The Hall–Kier alpha value is 0.230. The van der Waals surface area contributed by atoms with Crippen LogP contribution in [0.25, 0.3) is 0 Å². The second-order valence-electron chi connectivity index (χ2n) is 22.7. The Morgan fingerprint density at radius 2 is 0.963 bits per heavy atom. The van der Waals surface area contributed by atoms with Crippen molar-refractivity contribution >= 4 is 11.8 Å². The van der Waals surface area contributed by atoms with Gasteiger partial charge in [0.05, 0.1) is 6.17 Å². The first-order chi connectivity index (χ1) is 26.7. The molecule has 0 amide bonds. The summed E-state index contributed by atoms with van der Waals surface area (Å²) >= 11 is 2.48. The molecule has 16 unspecified atom stereocenters. The second-order valence-corrected chi connectivity index (χ2v) is 24.2. The van der Waals surface area contributed by atoms with E-state index in [4.69, 9.17) is 0 Å². The number of nitrogens with one attached hydrogen (secondary N) is 2. The third kappa shape index (κ3) is 7.07. The van der Waals surface area contributed by atoms with E-state index in [1.165, 1.54) is 109 Å². The summed E-state index contributed by atoms with van der Waals surface area (Å²) in [5.41, 5.74) is 0. The second kappa shape index (κ2) is 16.4. The smallest absolute Gasteiger partial charge is 0.0605 e. The lowest BCUT2D eigenvalue weighted by molar-refractivity contribution is 0.00866. The minimum atomic E-state index is 0.585. The van der Waals surface area contributed by atoms with Crippen molar-refractivity contribution in [3.63, 3.8) is 0 Å². The monoisotopic (exact) mass is 758 g/mol. The molecular weight excluding hydrogens is 675 g/mol. The minimum absolute atomic E-state index is 0.585. The SMILES string of the molecule is C1CCC(C2NC(C3CCCC(N4C5CCCCC5C5CC(C6CCC(C7CCC8SC9CCCCC9C8C7)CC6)CCC54)C3)NC3CCCCC32)CC1. The predicted octanol–water partition coefficient (Wildman–Crippen LogP) is 12.1. The fourth-order valence-corrected chi connectivity index (χ4v) is 20.1. The third-order valence-corrected chi connectivity index (χ3v) is 22.3. The maximum absolute atomic E-state index is 4.47. The lowest BCUT2D eigenvalue weighted by Crippen LogP contribution is -2.68. The molecular formula is C50H83N3S. The van der Waals surface area contributed by atoms with Crippen LogP contribution in [-0.2, 0) is 0 Å². The van der Waals surface area contributed by atoms with Crippen LogP contribution in [0.5, 0.6) is 0 Å². The number of likely N-dealkylation sites (tertiary alicyclic amines) is 1. The number of nitrogens with zero attached hydrogens (tertiary/aromatic N) is 1. The van der Waals surface area contributed by atoms with Gasteiger partial charge in [-0.1, -0.05) is 64.2 Å². The topological polar surface area (TPSA) is 27.3 Å². The molecule has 4 heteroatoms. The standard InChI is InChI=1S/C50H83N3S/c1-2-11-34(12-3-1)49-41-17-4-7-18-44(41)51-50(52-49)37-13-10-14-38(29-37)53-45-19-8-5-15-39(45)42-30-35(25-27-46(42)53)32-21-23-33(24-22-32)36-26-28-48-43(31-36)40-16-6-9-20-47(40)54-48/h32-52H,1-31H2. The van der Waals surface area contributed by atoms with Crippen LogP contribution in [0.1, 0.15) is 199 Å². The quantitative estimate of drug-likeness (QED) is 0.292. The van der Waals surface area contributed by atoms with Crippen LogP contribution in [0, 0.1) is 65.1 Å². The Morgan fingerprint density at radius 1 is 0.352 bits per heavy atom.